The van der Waals surface area contributed by atoms with E-state index in [4.69, 9.17) is 9.47 Å². The van der Waals surface area contributed by atoms with Crippen molar-refractivity contribution in [1.82, 2.24) is 14.5 Å². The lowest BCUT2D eigenvalue weighted by Crippen LogP contribution is -2.42. The maximum Gasteiger partial charge on any atom is 0.163 e. The van der Waals surface area contributed by atoms with Gasteiger partial charge in [-0.05, 0) is 37.4 Å². The first kappa shape index (κ1) is 18.2. The van der Waals surface area contributed by atoms with Gasteiger partial charge in [0.1, 0.15) is 13.2 Å². The summed E-state index contributed by atoms with van der Waals surface area (Å²) in [5, 5.41) is 3.69. The molecule has 1 aromatic heterocycles. The summed E-state index contributed by atoms with van der Waals surface area (Å²) in [6, 6.07) is 6.60. The van der Waals surface area contributed by atoms with Crippen LogP contribution in [0.3, 0.4) is 0 Å². The van der Waals surface area contributed by atoms with Crippen molar-refractivity contribution in [2.24, 2.45) is 5.92 Å². The Bertz CT molecular complexity index is 758. The third-order valence-electron chi connectivity index (χ3n) is 5.16. The van der Waals surface area contributed by atoms with Crippen molar-refractivity contribution in [3.05, 3.63) is 36.4 Å². The van der Waals surface area contributed by atoms with Crippen LogP contribution >= 0.6 is 0 Å². The number of fused-ring (bicyclic) bond motifs is 1. The topological polar surface area (TPSA) is 51.6 Å². The smallest absolute Gasteiger partial charge is 0.163 e. The molecule has 1 unspecified atom stereocenters. The minimum Gasteiger partial charge on any atom is -0.486 e. The molecule has 1 atom stereocenters. The van der Waals surface area contributed by atoms with Gasteiger partial charge in [0.2, 0.25) is 0 Å². The van der Waals surface area contributed by atoms with Crippen LogP contribution in [-0.4, -0.2) is 46.8 Å². The van der Waals surface area contributed by atoms with Crippen molar-refractivity contribution in [2.75, 3.05) is 31.6 Å². The van der Waals surface area contributed by atoms with E-state index in [9.17, 15) is 0 Å². The van der Waals surface area contributed by atoms with Crippen molar-refractivity contribution in [3.63, 3.8) is 0 Å². The molecular weight excluding hydrogens is 340 g/mol. The minimum absolute atomic E-state index is 0.447. The van der Waals surface area contributed by atoms with Crippen molar-refractivity contribution < 1.29 is 9.47 Å². The van der Waals surface area contributed by atoms with E-state index in [-0.39, 0.29) is 0 Å². The van der Waals surface area contributed by atoms with Crippen molar-refractivity contribution >= 4 is 5.69 Å². The summed E-state index contributed by atoms with van der Waals surface area (Å²) in [7, 11) is 0. The molecule has 2 aliphatic rings. The number of nitrogens with zero attached hydrogens (tertiary/aromatic N) is 3. The van der Waals surface area contributed by atoms with Crippen molar-refractivity contribution in [1.29, 1.82) is 0 Å². The molecule has 1 aromatic carbocycles. The van der Waals surface area contributed by atoms with Gasteiger partial charge in [-0.15, -0.1) is 0 Å². The molecule has 1 fully saturated rings. The molecule has 3 heterocycles. The zero-order valence-corrected chi connectivity index (χ0v) is 16.4. The summed E-state index contributed by atoms with van der Waals surface area (Å²) < 4.78 is 13.6. The van der Waals surface area contributed by atoms with Crippen molar-refractivity contribution in [2.45, 2.75) is 45.8 Å². The summed E-state index contributed by atoms with van der Waals surface area (Å²) in [5.74, 6) is 2.32. The third kappa shape index (κ3) is 4.56. The lowest BCUT2D eigenvalue weighted by molar-refractivity contribution is 0.171. The molecule has 6 heteroatoms. The number of anilines is 1. The Hall–Kier alpha value is -2.21. The van der Waals surface area contributed by atoms with Gasteiger partial charge >= 0.3 is 0 Å². The van der Waals surface area contributed by atoms with Crippen LogP contribution < -0.4 is 14.8 Å². The van der Waals surface area contributed by atoms with E-state index >= 15 is 0 Å². The summed E-state index contributed by atoms with van der Waals surface area (Å²) in [4.78, 5) is 6.90. The van der Waals surface area contributed by atoms with E-state index in [1.54, 1.807) is 0 Å². The van der Waals surface area contributed by atoms with Crippen LogP contribution in [0.4, 0.5) is 5.69 Å². The molecule has 0 saturated carbocycles. The number of imidazole rings is 1. The maximum absolute atomic E-state index is 5.70. The number of likely N-dealkylation sites (tertiary alicyclic amines) is 1. The number of rotatable bonds is 6. The Morgan fingerprint density at radius 2 is 2.07 bits per heavy atom. The fourth-order valence-corrected chi connectivity index (χ4v) is 3.95. The molecule has 2 aliphatic heterocycles. The lowest BCUT2D eigenvalue weighted by atomic mass is 10.0. The molecule has 4 rings (SSSR count). The van der Waals surface area contributed by atoms with E-state index in [0.29, 0.717) is 25.2 Å². The second-order valence-electron chi connectivity index (χ2n) is 8.01. The van der Waals surface area contributed by atoms with Crippen LogP contribution in [0.1, 0.15) is 32.4 Å². The molecule has 2 aromatic rings. The molecule has 6 nitrogen and oxygen atoms in total. The maximum atomic E-state index is 5.70. The predicted octanol–water partition coefficient (Wildman–Crippen LogP) is 3.39. The zero-order chi connectivity index (χ0) is 18.6. The Kier molecular flexibility index (Phi) is 5.53. The predicted molar refractivity (Wildman–Crippen MR) is 106 cm³/mol. The standard InChI is InChI=1S/C21H30N4O2/c1-16(2)12-25-15-22-11-19(25)14-24-7-3-4-18(13-24)23-17-5-6-20-21(10-17)27-9-8-26-20/h5-6,10-11,15-16,18,23H,3-4,7-9,12-14H2,1-2H3. The van der Waals surface area contributed by atoms with E-state index in [0.717, 1.165) is 43.4 Å². The van der Waals surface area contributed by atoms with E-state index in [1.165, 1.54) is 18.5 Å². The Labute approximate surface area is 161 Å². The fourth-order valence-electron chi connectivity index (χ4n) is 3.95. The SMILES string of the molecule is CC(C)Cn1cncc1CN1CCCC(Nc2ccc3c(c2)OCCO3)C1. The number of piperidine rings is 1. The molecule has 0 amide bonds. The quantitative estimate of drug-likeness (QED) is 0.845. The van der Waals surface area contributed by atoms with E-state index in [2.05, 4.69) is 45.7 Å². The van der Waals surface area contributed by atoms with Gasteiger partial charge in [0.25, 0.3) is 0 Å². The first-order valence-electron chi connectivity index (χ1n) is 10.0. The second kappa shape index (κ2) is 8.21. The largest absolute Gasteiger partial charge is 0.486 e. The molecule has 1 saturated heterocycles. The van der Waals surface area contributed by atoms with Gasteiger partial charge in [-0.3, -0.25) is 4.90 Å². The van der Waals surface area contributed by atoms with Crippen LogP contribution in [-0.2, 0) is 13.1 Å². The zero-order valence-electron chi connectivity index (χ0n) is 16.4. The van der Waals surface area contributed by atoms with Crippen LogP contribution in [0.2, 0.25) is 0 Å². The van der Waals surface area contributed by atoms with Gasteiger partial charge < -0.3 is 19.4 Å². The minimum atomic E-state index is 0.447. The molecular formula is C21H30N4O2. The number of benzene rings is 1. The number of hydrogen-bond acceptors (Lipinski definition) is 5. The molecule has 0 bridgehead atoms. The summed E-state index contributed by atoms with van der Waals surface area (Å²) in [6.07, 6.45) is 6.38. The highest BCUT2D eigenvalue weighted by atomic mass is 16.6. The summed E-state index contributed by atoms with van der Waals surface area (Å²) in [6.45, 7) is 9.93. The van der Waals surface area contributed by atoms with Gasteiger partial charge in [0.05, 0.1) is 12.0 Å². The fraction of sp³-hybridized carbons (Fsp3) is 0.571. The summed E-state index contributed by atoms with van der Waals surface area (Å²) >= 11 is 0. The van der Waals surface area contributed by atoms with Gasteiger partial charge in [-0.1, -0.05) is 13.8 Å². The van der Waals surface area contributed by atoms with E-state index in [1.807, 2.05) is 18.6 Å². The van der Waals surface area contributed by atoms with Gasteiger partial charge in [-0.25, -0.2) is 4.98 Å². The van der Waals surface area contributed by atoms with Crippen LogP contribution in [0.5, 0.6) is 11.5 Å². The van der Waals surface area contributed by atoms with Crippen LogP contribution in [0.25, 0.3) is 0 Å². The first-order valence-corrected chi connectivity index (χ1v) is 10.0. The average Bonchev–Trinajstić information content (AvgIpc) is 3.08. The Morgan fingerprint density at radius 1 is 1.22 bits per heavy atom. The highest BCUT2D eigenvalue weighted by molar-refractivity contribution is 5.55. The normalized spacial score (nSPS) is 20.0. The second-order valence-corrected chi connectivity index (χ2v) is 8.01. The molecule has 0 radical (unpaired) electrons. The molecule has 27 heavy (non-hydrogen) atoms. The number of aromatic nitrogens is 2. The van der Waals surface area contributed by atoms with Gasteiger partial charge in [0.15, 0.2) is 11.5 Å². The summed E-state index contributed by atoms with van der Waals surface area (Å²) in [5.41, 5.74) is 2.42. The molecule has 0 aliphatic carbocycles. The number of ether oxygens (including phenoxy) is 2. The molecule has 0 spiro atoms. The third-order valence-corrected chi connectivity index (χ3v) is 5.16. The van der Waals surface area contributed by atoms with Crippen molar-refractivity contribution in [3.8, 4) is 11.5 Å². The number of nitrogens with one attached hydrogen (secondary N) is 1. The first-order chi connectivity index (χ1) is 13.2. The highest BCUT2D eigenvalue weighted by Gasteiger charge is 2.22. The Balaban J connectivity index is 1.36. The van der Waals surface area contributed by atoms with E-state index < -0.39 is 0 Å². The van der Waals surface area contributed by atoms with Crippen LogP contribution in [0, 0.1) is 5.92 Å². The average molecular weight is 370 g/mol. The van der Waals surface area contributed by atoms with Gasteiger partial charge in [0, 0.05) is 43.6 Å². The molecule has 1 N–H and O–H groups in total. The highest BCUT2D eigenvalue weighted by Crippen LogP contribution is 2.33. The van der Waals surface area contributed by atoms with Crippen LogP contribution in [0.15, 0.2) is 30.7 Å². The Morgan fingerprint density at radius 3 is 2.93 bits per heavy atom. The van der Waals surface area contributed by atoms with Gasteiger partial charge in [-0.2, -0.15) is 0 Å². The monoisotopic (exact) mass is 370 g/mol. The number of hydrogen-bond donors (Lipinski definition) is 1. The lowest BCUT2D eigenvalue weighted by Gasteiger charge is -2.34. The molecule has 146 valence electrons.